The maximum Gasteiger partial charge on any atom is 0.321 e. The lowest BCUT2D eigenvalue weighted by Crippen LogP contribution is -2.26. The molecule has 0 aliphatic rings. The third-order valence-corrected chi connectivity index (χ3v) is 2.28. The number of esters is 2. The number of hydrogen-bond acceptors (Lipinski definition) is 4. The standard InChI is InChI=1S/C14H14O4/c1-17-13(15)12(14(16)18-2)10-6-9-11-7-4-3-5-8-11/h3-5,7-8,12H,10H2,1-2H3. The lowest BCUT2D eigenvalue weighted by atomic mass is 10.1. The van der Waals surface area contributed by atoms with E-state index in [0.29, 0.717) is 0 Å². The van der Waals surface area contributed by atoms with E-state index in [9.17, 15) is 9.59 Å². The molecule has 4 nitrogen and oxygen atoms in total. The second-order valence-electron chi connectivity index (χ2n) is 3.47. The van der Waals surface area contributed by atoms with Crippen molar-refractivity contribution in [1.82, 2.24) is 0 Å². The third-order valence-electron chi connectivity index (χ3n) is 2.28. The molecule has 4 heteroatoms. The minimum absolute atomic E-state index is 0.0776. The van der Waals surface area contributed by atoms with Crippen molar-refractivity contribution in [3.8, 4) is 11.8 Å². The van der Waals surface area contributed by atoms with Crippen molar-refractivity contribution in [2.24, 2.45) is 5.92 Å². The van der Waals surface area contributed by atoms with Crippen molar-refractivity contribution in [2.45, 2.75) is 6.42 Å². The van der Waals surface area contributed by atoms with Crippen molar-refractivity contribution < 1.29 is 19.1 Å². The maximum atomic E-state index is 11.4. The first-order valence-corrected chi connectivity index (χ1v) is 5.38. The number of methoxy groups -OCH3 is 2. The van der Waals surface area contributed by atoms with Gasteiger partial charge in [-0.05, 0) is 12.1 Å². The lowest BCUT2D eigenvalue weighted by Gasteiger charge is -2.08. The van der Waals surface area contributed by atoms with Crippen LogP contribution in [0.15, 0.2) is 30.3 Å². The van der Waals surface area contributed by atoms with Crippen LogP contribution in [0.4, 0.5) is 0 Å². The Morgan fingerprint density at radius 3 is 2.17 bits per heavy atom. The highest BCUT2D eigenvalue weighted by Crippen LogP contribution is 2.07. The Morgan fingerprint density at radius 1 is 1.11 bits per heavy atom. The van der Waals surface area contributed by atoms with E-state index in [-0.39, 0.29) is 6.42 Å². The van der Waals surface area contributed by atoms with Crippen molar-refractivity contribution >= 4 is 11.9 Å². The van der Waals surface area contributed by atoms with Crippen molar-refractivity contribution in [2.75, 3.05) is 14.2 Å². The van der Waals surface area contributed by atoms with Crippen LogP contribution in [0.1, 0.15) is 12.0 Å². The fourth-order valence-corrected chi connectivity index (χ4v) is 1.32. The zero-order chi connectivity index (χ0) is 13.4. The molecule has 0 atom stereocenters. The van der Waals surface area contributed by atoms with Crippen LogP contribution in [0, 0.1) is 17.8 Å². The van der Waals surface area contributed by atoms with Crippen LogP contribution in [0.2, 0.25) is 0 Å². The topological polar surface area (TPSA) is 52.6 Å². The fourth-order valence-electron chi connectivity index (χ4n) is 1.32. The van der Waals surface area contributed by atoms with Gasteiger partial charge in [-0.25, -0.2) is 0 Å². The van der Waals surface area contributed by atoms with Gasteiger partial charge in [-0.3, -0.25) is 9.59 Å². The Morgan fingerprint density at radius 2 is 1.67 bits per heavy atom. The molecule has 0 fully saturated rings. The molecule has 0 spiro atoms. The average Bonchev–Trinajstić information content (AvgIpc) is 2.43. The van der Waals surface area contributed by atoms with Gasteiger partial charge in [0.1, 0.15) is 0 Å². The second kappa shape index (κ2) is 7.13. The summed E-state index contributed by atoms with van der Waals surface area (Å²) in [6, 6.07) is 9.30. The van der Waals surface area contributed by atoms with Crippen LogP contribution in [-0.2, 0) is 19.1 Å². The minimum atomic E-state index is -0.990. The van der Waals surface area contributed by atoms with Crippen LogP contribution in [0.25, 0.3) is 0 Å². The first-order valence-electron chi connectivity index (χ1n) is 5.38. The normalized spacial score (nSPS) is 9.28. The van der Waals surface area contributed by atoms with Crippen molar-refractivity contribution in [3.05, 3.63) is 35.9 Å². The summed E-state index contributed by atoms with van der Waals surface area (Å²) in [4.78, 5) is 22.7. The van der Waals surface area contributed by atoms with Gasteiger partial charge in [0.25, 0.3) is 0 Å². The summed E-state index contributed by atoms with van der Waals surface area (Å²) in [5.74, 6) is 3.39. The van der Waals surface area contributed by atoms with Crippen LogP contribution in [-0.4, -0.2) is 26.2 Å². The van der Waals surface area contributed by atoms with E-state index in [1.165, 1.54) is 14.2 Å². The van der Waals surface area contributed by atoms with Crippen molar-refractivity contribution in [1.29, 1.82) is 0 Å². The highest BCUT2D eigenvalue weighted by Gasteiger charge is 2.27. The zero-order valence-corrected chi connectivity index (χ0v) is 10.3. The molecule has 18 heavy (non-hydrogen) atoms. The number of ether oxygens (including phenoxy) is 2. The molecule has 0 N–H and O–H groups in total. The molecule has 0 unspecified atom stereocenters. The summed E-state index contributed by atoms with van der Waals surface area (Å²) in [6.07, 6.45) is 0.0776. The Bertz CT molecular complexity index is 452. The number of hydrogen-bond donors (Lipinski definition) is 0. The predicted octanol–water partition coefficient (Wildman–Crippen LogP) is 1.39. The molecular formula is C14H14O4. The molecular weight excluding hydrogens is 232 g/mol. The quantitative estimate of drug-likeness (QED) is 0.459. The SMILES string of the molecule is COC(=O)C(CC#Cc1ccccc1)C(=O)OC. The van der Waals surface area contributed by atoms with E-state index in [0.717, 1.165) is 5.56 Å². The molecule has 0 saturated carbocycles. The smallest absolute Gasteiger partial charge is 0.321 e. The molecule has 1 aromatic carbocycles. The second-order valence-corrected chi connectivity index (χ2v) is 3.47. The van der Waals surface area contributed by atoms with Gasteiger partial charge >= 0.3 is 11.9 Å². The predicted molar refractivity (Wildman–Crippen MR) is 65.5 cm³/mol. The Kier molecular flexibility index (Phi) is 5.46. The summed E-state index contributed by atoms with van der Waals surface area (Å²) >= 11 is 0. The van der Waals surface area contributed by atoms with Gasteiger partial charge in [0.05, 0.1) is 14.2 Å². The molecule has 0 saturated heterocycles. The Hall–Kier alpha value is -2.28. The monoisotopic (exact) mass is 246 g/mol. The van der Waals surface area contributed by atoms with Gasteiger partial charge in [0, 0.05) is 12.0 Å². The molecule has 0 radical (unpaired) electrons. The molecule has 0 bridgehead atoms. The first-order chi connectivity index (χ1) is 8.69. The van der Waals surface area contributed by atoms with Gasteiger partial charge in [0.2, 0.25) is 0 Å². The van der Waals surface area contributed by atoms with Crippen molar-refractivity contribution in [3.63, 3.8) is 0 Å². The first kappa shape index (κ1) is 13.8. The summed E-state index contributed by atoms with van der Waals surface area (Å²) in [5, 5.41) is 0. The van der Waals surface area contributed by atoms with Gasteiger partial charge in [-0.1, -0.05) is 30.0 Å². The number of carbonyl (C=O) groups excluding carboxylic acids is 2. The van der Waals surface area contributed by atoms with Crippen LogP contribution in [0.5, 0.6) is 0 Å². The molecule has 94 valence electrons. The highest BCUT2D eigenvalue weighted by atomic mass is 16.5. The van der Waals surface area contributed by atoms with Crippen LogP contribution >= 0.6 is 0 Å². The van der Waals surface area contributed by atoms with Gasteiger partial charge in [-0.2, -0.15) is 0 Å². The zero-order valence-electron chi connectivity index (χ0n) is 10.3. The fraction of sp³-hybridized carbons (Fsp3) is 0.286. The summed E-state index contributed by atoms with van der Waals surface area (Å²) in [6.45, 7) is 0. The summed E-state index contributed by atoms with van der Waals surface area (Å²) in [7, 11) is 2.45. The van der Waals surface area contributed by atoms with E-state index in [4.69, 9.17) is 0 Å². The molecule has 0 aliphatic carbocycles. The van der Waals surface area contributed by atoms with Gasteiger partial charge in [0.15, 0.2) is 5.92 Å². The molecule has 1 rings (SSSR count). The third kappa shape index (κ3) is 3.95. The molecule has 0 heterocycles. The Labute approximate surface area is 106 Å². The molecule has 0 amide bonds. The summed E-state index contributed by atoms with van der Waals surface area (Å²) < 4.78 is 9.06. The largest absolute Gasteiger partial charge is 0.468 e. The van der Waals surface area contributed by atoms with E-state index in [1.807, 2.05) is 30.3 Å². The van der Waals surface area contributed by atoms with Crippen LogP contribution < -0.4 is 0 Å². The van der Waals surface area contributed by atoms with Gasteiger partial charge in [-0.15, -0.1) is 0 Å². The van der Waals surface area contributed by atoms with E-state index < -0.39 is 17.9 Å². The number of carbonyl (C=O) groups is 2. The van der Waals surface area contributed by atoms with E-state index in [2.05, 4.69) is 21.3 Å². The molecule has 0 aliphatic heterocycles. The number of benzene rings is 1. The highest BCUT2D eigenvalue weighted by molar-refractivity contribution is 5.95. The maximum absolute atomic E-state index is 11.4. The summed E-state index contributed by atoms with van der Waals surface area (Å²) in [5.41, 5.74) is 0.825. The Balaban J connectivity index is 2.71. The molecule has 1 aromatic rings. The van der Waals surface area contributed by atoms with E-state index >= 15 is 0 Å². The molecule has 0 aromatic heterocycles. The average molecular weight is 246 g/mol. The minimum Gasteiger partial charge on any atom is -0.468 e. The van der Waals surface area contributed by atoms with Crippen LogP contribution in [0.3, 0.4) is 0 Å². The lowest BCUT2D eigenvalue weighted by molar-refractivity contribution is -0.158. The van der Waals surface area contributed by atoms with Gasteiger partial charge < -0.3 is 9.47 Å². The number of rotatable bonds is 3. The van der Waals surface area contributed by atoms with E-state index in [1.54, 1.807) is 0 Å².